The van der Waals surface area contributed by atoms with Crippen LogP contribution in [0.15, 0.2) is 42.5 Å². The predicted octanol–water partition coefficient (Wildman–Crippen LogP) is 3.69. The van der Waals surface area contributed by atoms with Gasteiger partial charge >= 0.3 is 5.97 Å². The lowest BCUT2D eigenvalue weighted by molar-refractivity contribution is -0.136. The van der Waals surface area contributed by atoms with Crippen LogP contribution in [0.5, 0.6) is 5.75 Å². The molecule has 2 rings (SSSR count). The molecule has 0 aliphatic rings. The zero-order valence-corrected chi connectivity index (χ0v) is 11.2. The van der Waals surface area contributed by atoms with Gasteiger partial charge in [-0.2, -0.15) is 0 Å². The monoisotopic (exact) mass is 294 g/mol. The van der Waals surface area contributed by atoms with Crippen LogP contribution < -0.4 is 4.74 Å². The van der Waals surface area contributed by atoms with Crippen LogP contribution in [0.1, 0.15) is 11.1 Å². The quantitative estimate of drug-likeness (QED) is 0.915. The summed E-state index contributed by atoms with van der Waals surface area (Å²) in [5.74, 6) is -0.686. The molecule has 0 saturated carbocycles. The zero-order chi connectivity index (χ0) is 14.5. The average Bonchev–Trinajstić information content (AvgIpc) is 2.41. The van der Waals surface area contributed by atoms with Crippen molar-refractivity contribution in [1.29, 1.82) is 0 Å². The Balaban J connectivity index is 2.00. The molecule has 0 aromatic heterocycles. The van der Waals surface area contributed by atoms with Gasteiger partial charge in [-0.25, -0.2) is 4.39 Å². The molecule has 20 heavy (non-hydrogen) atoms. The van der Waals surface area contributed by atoms with E-state index in [1.54, 1.807) is 24.3 Å². The maximum absolute atomic E-state index is 13.1. The van der Waals surface area contributed by atoms with Gasteiger partial charge in [-0.15, -0.1) is 0 Å². The van der Waals surface area contributed by atoms with Gasteiger partial charge in [0.05, 0.1) is 6.42 Å². The standard InChI is InChI=1S/C15H12ClFO3/c16-14-6-3-12(17)8-11(14)9-20-13-4-1-10(2-5-13)7-15(18)19/h1-6,8H,7,9H2,(H,18,19). The minimum absolute atomic E-state index is 0.0317. The third-order valence-corrected chi connectivity index (χ3v) is 3.05. The largest absolute Gasteiger partial charge is 0.489 e. The van der Waals surface area contributed by atoms with Crippen molar-refractivity contribution in [2.45, 2.75) is 13.0 Å². The minimum Gasteiger partial charge on any atom is -0.489 e. The van der Waals surface area contributed by atoms with Crippen molar-refractivity contribution in [3.8, 4) is 5.75 Å². The maximum atomic E-state index is 13.1. The smallest absolute Gasteiger partial charge is 0.307 e. The van der Waals surface area contributed by atoms with E-state index in [9.17, 15) is 9.18 Å². The average molecular weight is 295 g/mol. The Kier molecular flexibility index (Phi) is 4.58. The molecule has 0 bridgehead atoms. The molecule has 0 radical (unpaired) electrons. The molecule has 0 saturated heterocycles. The van der Waals surface area contributed by atoms with Crippen molar-refractivity contribution in [2.75, 3.05) is 0 Å². The van der Waals surface area contributed by atoms with E-state index in [1.807, 2.05) is 0 Å². The first-order chi connectivity index (χ1) is 9.54. The van der Waals surface area contributed by atoms with E-state index in [0.717, 1.165) is 0 Å². The Morgan fingerprint density at radius 3 is 2.55 bits per heavy atom. The number of benzene rings is 2. The van der Waals surface area contributed by atoms with Crippen LogP contribution in [-0.2, 0) is 17.8 Å². The van der Waals surface area contributed by atoms with Crippen LogP contribution in [-0.4, -0.2) is 11.1 Å². The Morgan fingerprint density at radius 1 is 1.20 bits per heavy atom. The lowest BCUT2D eigenvalue weighted by Crippen LogP contribution is -2.00. The van der Waals surface area contributed by atoms with Gasteiger partial charge in [0.2, 0.25) is 0 Å². The minimum atomic E-state index is -0.884. The van der Waals surface area contributed by atoms with Gasteiger partial charge < -0.3 is 9.84 Å². The number of ether oxygens (including phenoxy) is 1. The van der Waals surface area contributed by atoms with Crippen LogP contribution in [0.25, 0.3) is 0 Å². The summed E-state index contributed by atoms with van der Waals surface area (Å²) >= 11 is 5.93. The molecule has 104 valence electrons. The molecule has 0 atom stereocenters. The van der Waals surface area contributed by atoms with Crippen LogP contribution in [0.3, 0.4) is 0 Å². The van der Waals surface area contributed by atoms with Crippen molar-refractivity contribution in [3.63, 3.8) is 0 Å². The number of rotatable bonds is 5. The summed E-state index contributed by atoms with van der Waals surface area (Å²) in [7, 11) is 0. The van der Waals surface area contributed by atoms with E-state index >= 15 is 0 Å². The number of hydrogen-bond acceptors (Lipinski definition) is 2. The molecule has 0 aliphatic heterocycles. The van der Waals surface area contributed by atoms with Gasteiger partial charge in [-0.1, -0.05) is 23.7 Å². The Bertz CT molecular complexity index is 611. The highest BCUT2D eigenvalue weighted by Crippen LogP contribution is 2.20. The van der Waals surface area contributed by atoms with E-state index < -0.39 is 5.97 Å². The van der Waals surface area contributed by atoms with E-state index in [2.05, 4.69) is 0 Å². The lowest BCUT2D eigenvalue weighted by atomic mass is 10.1. The summed E-state index contributed by atoms with van der Waals surface area (Å²) in [6, 6.07) is 10.8. The maximum Gasteiger partial charge on any atom is 0.307 e. The molecule has 2 aromatic rings. The summed E-state index contributed by atoms with van der Waals surface area (Å²) in [6.45, 7) is 0.148. The first-order valence-electron chi connectivity index (χ1n) is 5.92. The van der Waals surface area contributed by atoms with Crippen molar-refractivity contribution in [3.05, 3.63) is 64.4 Å². The van der Waals surface area contributed by atoms with E-state index in [4.69, 9.17) is 21.4 Å². The molecule has 5 heteroatoms. The molecule has 3 nitrogen and oxygen atoms in total. The summed E-state index contributed by atoms with van der Waals surface area (Å²) in [5, 5.41) is 9.10. The van der Waals surface area contributed by atoms with Gasteiger partial charge in [0.15, 0.2) is 0 Å². The SMILES string of the molecule is O=C(O)Cc1ccc(OCc2cc(F)ccc2Cl)cc1. The second kappa shape index (κ2) is 6.39. The highest BCUT2D eigenvalue weighted by molar-refractivity contribution is 6.31. The molecular formula is C15H12ClFO3. The molecule has 1 N–H and O–H groups in total. The van der Waals surface area contributed by atoms with Crippen molar-refractivity contribution >= 4 is 17.6 Å². The first-order valence-corrected chi connectivity index (χ1v) is 6.30. The number of halogens is 2. The normalized spacial score (nSPS) is 10.3. The summed E-state index contributed by atoms with van der Waals surface area (Å²) in [4.78, 5) is 10.6. The van der Waals surface area contributed by atoms with Crippen molar-refractivity contribution in [1.82, 2.24) is 0 Å². The van der Waals surface area contributed by atoms with E-state index in [-0.39, 0.29) is 18.8 Å². The third-order valence-electron chi connectivity index (χ3n) is 2.68. The van der Waals surface area contributed by atoms with Gasteiger partial charge in [0, 0.05) is 10.6 Å². The Labute approximate surface area is 120 Å². The number of aliphatic carboxylic acids is 1. The predicted molar refractivity (Wildman–Crippen MR) is 73.5 cm³/mol. The van der Waals surface area contributed by atoms with Gasteiger partial charge in [-0.05, 0) is 35.9 Å². The molecule has 0 unspecified atom stereocenters. The number of carboxylic acid groups (broad SMARTS) is 1. The van der Waals surface area contributed by atoms with E-state index in [0.29, 0.717) is 21.9 Å². The molecule has 0 heterocycles. The molecule has 2 aromatic carbocycles. The van der Waals surface area contributed by atoms with Crippen LogP contribution >= 0.6 is 11.6 Å². The summed E-state index contributed by atoms with van der Waals surface area (Å²) in [5.41, 5.74) is 1.25. The molecule has 0 spiro atoms. The highest BCUT2D eigenvalue weighted by atomic mass is 35.5. The Hall–Kier alpha value is -2.07. The number of hydrogen-bond donors (Lipinski definition) is 1. The summed E-state index contributed by atoms with van der Waals surface area (Å²) < 4.78 is 18.6. The van der Waals surface area contributed by atoms with Gasteiger partial charge in [0.25, 0.3) is 0 Å². The molecule has 0 aliphatic carbocycles. The van der Waals surface area contributed by atoms with E-state index in [1.165, 1.54) is 18.2 Å². The summed E-state index contributed by atoms with van der Waals surface area (Å²) in [6.07, 6.45) is -0.0317. The van der Waals surface area contributed by atoms with Crippen LogP contribution in [0.2, 0.25) is 5.02 Å². The molecule has 0 amide bonds. The highest BCUT2D eigenvalue weighted by Gasteiger charge is 2.04. The second-order valence-corrected chi connectivity index (χ2v) is 4.65. The number of carboxylic acids is 1. The number of carbonyl (C=O) groups is 1. The lowest BCUT2D eigenvalue weighted by Gasteiger charge is -2.08. The zero-order valence-electron chi connectivity index (χ0n) is 10.5. The second-order valence-electron chi connectivity index (χ2n) is 4.24. The van der Waals surface area contributed by atoms with Crippen LogP contribution in [0, 0.1) is 5.82 Å². The third kappa shape index (κ3) is 3.96. The first kappa shape index (κ1) is 14.3. The molecule has 0 fully saturated rings. The van der Waals surface area contributed by atoms with Gasteiger partial charge in [-0.3, -0.25) is 4.79 Å². The van der Waals surface area contributed by atoms with Crippen molar-refractivity contribution < 1.29 is 19.0 Å². The van der Waals surface area contributed by atoms with Gasteiger partial charge in [0.1, 0.15) is 18.2 Å². The fourth-order valence-electron chi connectivity index (χ4n) is 1.69. The Morgan fingerprint density at radius 2 is 1.90 bits per heavy atom. The van der Waals surface area contributed by atoms with Crippen LogP contribution in [0.4, 0.5) is 4.39 Å². The molecular weight excluding hydrogens is 283 g/mol. The van der Waals surface area contributed by atoms with Crippen molar-refractivity contribution in [2.24, 2.45) is 0 Å². The fourth-order valence-corrected chi connectivity index (χ4v) is 1.87. The topological polar surface area (TPSA) is 46.5 Å². The fraction of sp³-hybridized carbons (Fsp3) is 0.133.